The van der Waals surface area contributed by atoms with Crippen molar-refractivity contribution in [1.82, 2.24) is 9.97 Å². The summed E-state index contributed by atoms with van der Waals surface area (Å²) in [7, 11) is -1.50. The second-order valence-corrected chi connectivity index (χ2v) is 18.0. The number of rotatable bonds is 5. The summed E-state index contributed by atoms with van der Waals surface area (Å²) in [6, 6.07) is 30.3. The van der Waals surface area contributed by atoms with E-state index in [4.69, 9.17) is 2.74 Å². The van der Waals surface area contributed by atoms with Crippen LogP contribution < -0.4 is 5.19 Å². The smallest absolute Gasteiger partial charge is 0.143 e. The van der Waals surface area contributed by atoms with Gasteiger partial charge in [-0.15, -0.1) is 59.7 Å². The summed E-state index contributed by atoms with van der Waals surface area (Å²) in [5.41, 5.74) is 4.85. The molecule has 43 heavy (non-hydrogen) atoms. The molecule has 0 fully saturated rings. The average molecular weight is 783 g/mol. The molecule has 0 saturated carbocycles. The summed E-state index contributed by atoms with van der Waals surface area (Å²) in [4.78, 5) is 8.87. The van der Waals surface area contributed by atoms with E-state index in [-0.39, 0.29) is 20.1 Å². The number of halogens is 1. The maximum atomic E-state index is 14.1. The zero-order valence-corrected chi connectivity index (χ0v) is 29.8. The van der Waals surface area contributed by atoms with Crippen molar-refractivity contribution >= 4 is 44.8 Å². The van der Waals surface area contributed by atoms with Crippen molar-refractivity contribution in [2.24, 2.45) is 0 Å². The molecule has 1 radical (unpaired) electrons. The molecule has 0 spiro atoms. The van der Waals surface area contributed by atoms with E-state index in [1.807, 2.05) is 62.5 Å². The number of aromatic nitrogens is 2. The molecule has 2 nitrogen and oxygen atoms in total. The molecule has 223 valence electrons. The largest absolute Gasteiger partial charge is 0.305 e. The molecule has 3 aromatic carbocycles. The molecule has 0 unspecified atom stereocenters. The van der Waals surface area contributed by atoms with Gasteiger partial charge in [0.1, 0.15) is 5.82 Å². The summed E-state index contributed by atoms with van der Waals surface area (Å²) in [6.07, 6.45) is 3.19. The number of hydrogen-bond acceptors (Lipinski definition) is 3. The van der Waals surface area contributed by atoms with Gasteiger partial charge >= 0.3 is 0 Å². The molecule has 0 amide bonds. The van der Waals surface area contributed by atoms with Crippen LogP contribution in [0.2, 0.25) is 19.6 Å². The van der Waals surface area contributed by atoms with Crippen LogP contribution in [0.4, 0.5) is 4.39 Å². The van der Waals surface area contributed by atoms with E-state index in [1.54, 1.807) is 31.3 Å². The Bertz CT molecular complexity index is 1940. The molecule has 3 aromatic heterocycles. The van der Waals surface area contributed by atoms with Gasteiger partial charge in [-0.05, 0) is 50.1 Å². The Morgan fingerprint density at radius 3 is 2.14 bits per heavy atom. The van der Waals surface area contributed by atoms with Crippen LogP contribution in [0, 0.1) is 17.9 Å². The van der Waals surface area contributed by atoms with Crippen LogP contribution in [-0.4, -0.2) is 18.0 Å². The molecule has 6 heteroatoms. The normalized spacial score (nSPS) is 12.7. The van der Waals surface area contributed by atoms with Crippen LogP contribution in [-0.2, 0) is 20.1 Å². The Kier molecular flexibility index (Phi) is 9.59. The number of nitrogens with zero attached hydrogens (tertiary/aromatic N) is 2. The van der Waals surface area contributed by atoms with Crippen LogP contribution in [0.15, 0.2) is 85.2 Å². The van der Waals surface area contributed by atoms with Crippen molar-refractivity contribution in [3.63, 3.8) is 0 Å². The van der Waals surface area contributed by atoms with E-state index in [2.05, 4.69) is 66.0 Å². The van der Waals surface area contributed by atoms with Gasteiger partial charge in [0.05, 0.1) is 14.3 Å². The molecular formula is C37H37FIrN2SSi-2. The van der Waals surface area contributed by atoms with Crippen LogP contribution in [0.1, 0.15) is 53.4 Å². The van der Waals surface area contributed by atoms with Gasteiger partial charge < -0.3 is 9.97 Å². The number of thiophene rings is 1. The summed E-state index contributed by atoms with van der Waals surface area (Å²) < 4.78 is 33.0. The van der Waals surface area contributed by atoms with Gasteiger partial charge in [-0.1, -0.05) is 88.6 Å². The van der Waals surface area contributed by atoms with Crippen molar-refractivity contribution in [1.29, 1.82) is 0 Å². The van der Waals surface area contributed by atoms with E-state index < -0.39 is 25.7 Å². The van der Waals surface area contributed by atoms with Gasteiger partial charge in [-0.2, -0.15) is 11.3 Å². The first-order valence-corrected chi connectivity index (χ1v) is 18.4. The monoisotopic (exact) mass is 783 g/mol. The zero-order chi connectivity index (χ0) is 31.9. The summed E-state index contributed by atoms with van der Waals surface area (Å²) >= 11 is 1.69. The molecule has 0 aliphatic carbocycles. The molecule has 3 heterocycles. The third-order valence-electron chi connectivity index (χ3n) is 7.22. The van der Waals surface area contributed by atoms with Crippen LogP contribution in [0.25, 0.3) is 42.7 Å². The Balaban J connectivity index is 0.000000204. The van der Waals surface area contributed by atoms with Crippen LogP contribution >= 0.6 is 11.3 Å². The predicted molar refractivity (Wildman–Crippen MR) is 181 cm³/mol. The maximum absolute atomic E-state index is 14.1. The fourth-order valence-electron chi connectivity index (χ4n) is 5.01. The third-order valence-corrected chi connectivity index (χ3v) is 10.4. The first-order chi connectivity index (χ1) is 20.6. The summed E-state index contributed by atoms with van der Waals surface area (Å²) in [6.45, 7) is 14.2. The van der Waals surface area contributed by atoms with Crippen LogP contribution in [0.3, 0.4) is 0 Å². The third kappa shape index (κ3) is 7.21. The second kappa shape index (κ2) is 13.7. The van der Waals surface area contributed by atoms with Gasteiger partial charge in [-0.3, -0.25) is 0 Å². The fraction of sp³-hybridized carbons (Fsp3) is 0.243. The fourth-order valence-corrected chi connectivity index (χ4v) is 7.80. The topological polar surface area (TPSA) is 25.8 Å². The van der Waals surface area contributed by atoms with Gasteiger partial charge in [0.15, 0.2) is 0 Å². The molecule has 0 bridgehead atoms. The molecular weight excluding hydrogens is 744 g/mol. The van der Waals surface area contributed by atoms with E-state index >= 15 is 0 Å². The molecule has 6 rings (SSSR count). The minimum Gasteiger partial charge on any atom is -0.305 e. The van der Waals surface area contributed by atoms with Gasteiger partial charge in [-0.25, -0.2) is 4.39 Å². The first-order valence-electron chi connectivity index (χ1n) is 15.1. The molecule has 0 aliphatic rings. The molecule has 0 aliphatic heterocycles. The average Bonchev–Trinajstić information content (AvgIpc) is 3.35. The van der Waals surface area contributed by atoms with Crippen molar-refractivity contribution in [2.75, 3.05) is 0 Å². The number of fused-ring (bicyclic) bond motifs is 3. The first kappa shape index (κ1) is 30.0. The Hall–Kier alpha value is -3.02. The van der Waals surface area contributed by atoms with Crippen molar-refractivity contribution in [2.45, 2.75) is 59.1 Å². The van der Waals surface area contributed by atoms with Crippen molar-refractivity contribution < 1.29 is 27.2 Å². The quantitative estimate of drug-likeness (QED) is 0.129. The Morgan fingerprint density at radius 1 is 0.791 bits per heavy atom. The van der Waals surface area contributed by atoms with E-state index in [0.717, 1.165) is 32.5 Å². The van der Waals surface area contributed by atoms with Gasteiger partial charge in [0.2, 0.25) is 0 Å². The predicted octanol–water partition coefficient (Wildman–Crippen LogP) is 10.4. The summed E-state index contributed by atoms with van der Waals surface area (Å²) in [5.74, 6) is -2.07. The minimum atomic E-state index is -1.50. The Morgan fingerprint density at radius 2 is 1.47 bits per heavy atom. The maximum Gasteiger partial charge on any atom is 0.143 e. The second-order valence-electron chi connectivity index (χ2n) is 11.9. The van der Waals surface area contributed by atoms with E-state index in [1.165, 1.54) is 21.5 Å². The van der Waals surface area contributed by atoms with Crippen LogP contribution in [0.5, 0.6) is 0 Å². The standard InChI is InChI=1S/C20H15FNS.C17H22NSi.Ir/c1-12(2)16-10-18(22-11-17(16)21)15-8-5-7-14-13-6-3-4-9-19(13)23-20(14)15;1-13(2)15-11-16(14-9-7-6-8-10-14)18-12-17(15)19(3,4)5;/h3-7,9-12H,1-2H3;6-9,11-13H,1-5H3;/q2*-1;/i12D;13D;. The van der Waals surface area contributed by atoms with Crippen molar-refractivity contribution in [3.05, 3.63) is 114 Å². The minimum absolute atomic E-state index is 0. The SMILES string of the molecule is [2H]C(C)(C)c1cc(-c2[c-]ccc3c2sc2ccccc23)ncc1F.[2H]C(C)(C)c1cc(-c2[c-]cccc2)ncc1[Si](C)(C)C.[Ir]. The number of hydrogen-bond donors (Lipinski definition) is 0. The van der Waals surface area contributed by atoms with Gasteiger partial charge in [0.25, 0.3) is 0 Å². The Labute approximate surface area is 276 Å². The van der Waals surface area contributed by atoms with Gasteiger partial charge in [0, 0.05) is 33.7 Å². The zero-order valence-electron chi connectivity index (χ0n) is 27.6. The summed E-state index contributed by atoms with van der Waals surface area (Å²) in [5, 5.41) is 3.63. The molecule has 0 N–H and O–H groups in total. The van der Waals surface area contributed by atoms with E-state index in [9.17, 15) is 4.39 Å². The van der Waals surface area contributed by atoms with E-state index in [0.29, 0.717) is 11.3 Å². The van der Waals surface area contributed by atoms with Crippen molar-refractivity contribution in [3.8, 4) is 22.5 Å². The molecule has 0 saturated heterocycles. The number of benzene rings is 3. The number of pyridine rings is 2. The molecule has 0 atom stereocenters. The molecule has 6 aromatic rings.